The van der Waals surface area contributed by atoms with Gasteiger partial charge in [-0.25, -0.2) is 13.2 Å². The van der Waals surface area contributed by atoms with E-state index in [1.54, 1.807) is 37.3 Å². The van der Waals surface area contributed by atoms with E-state index in [4.69, 9.17) is 14.2 Å². The van der Waals surface area contributed by atoms with Gasteiger partial charge in [-0.05, 0) is 71.5 Å². The highest BCUT2D eigenvalue weighted by molar-refractivity contribution is 7.92. The van der Waals surface area contributed by atoms with Crippen molar-refractivity contribution in [2.45, 2.75) is 44.6 Å². The summed E-state index contributed by atoms with van der Waals surface area (Å²) < 4.78 is 44.3. The molecule has 38 heavy (non-hydrogen) atoms. The van der Waals surface area contributed by atoms with Crippen LogP contribution in [-0.2, 0) is 31.5 Å². The standard InChI is InChI=1S/C28H30N2O7S/c1-18-5-9-21(28(2,3)4)14-25(18)38(33,34)30-22-10-7-20(8-11-22)27(32)35-16-26(31)29-15-19-6-12-23-24(13-19)37-17-36-23/h5-14,30H,15-17H2,1-4H3,(H,29,31). The van der Waals surface area contributed by atoms with Crippen molar-refractivity contribution in [3.05, 3.63) is 82.9 Å². The van der Waals surface area contributed by atoms with Gasteiger partial charge in [0.25, 0.3) is 15.9 Å². The number of aryl methyl sites for hydroxylation is 1. The molecule has 9 nitrogen and oxygen atoms in total. The number of ether oxygens (including phenoxy) is 3. The summed E-state index contributed by atoms with van der Waals surface area (Å²) in [5.41, 5.74) is 2.62. The van der Waals surface area contributed by atoms with E-state index in [2.05, 4.69) is 10.0 Å². The Bertz CT molecular complexity index is 1460. The molecular weight excluding hydrogens is 508 g/mol. The van der Waals surface area contributed by atoms with Crippen LogP contribution < -0.4 is 19.5 Å². The Balaban J connectivity index is 1.31. The number of rotatable bonds is 8. The van der Waals surface area contributed by atoms with Gasteiger partial charge in [0.1, 0.15) is 0 Å². The lowest BCUT2D eigenvalue weighted by molar-refractivity contribution is -0.124. The lowest BCUT2D eigenvalue weighted by Gasteiger charge is -2.21. The first-order valence-corrected chi connectivity index (χ1v) is 13.5. The van der Waals surface area contributed by atoms with Crippen molar-refractivity contribution in [2.75, 3.05) is 18.1 Å². The van der Waals surface area contributed by atoms with Crippen LogP contribution in [0.25, 0.3) is 0 Å². The zero-order chi connectivity index (χ0) is 27.5. The molecule has 0 saturated carbocycles. The van der Waals surface area contributed by atoms with E-state index in [0.29, 0.717) is 22.7 Å². The first-order chi connectivity index (χ1) is 17.9. The molecule has 3 aromatic carbocycles. The lowest BCUT2D eigenvalue weighted by atomic mass is 9.87. The summed E-state index contributed by atoms with van der Waals surface area (Å²) in [5.74, 6) is 0.0970. The Morgan fingerprint density at radius 2 is 1.66 bits per heavy atom. The van der Waals surface area contributed by atoms with Crippen LogP contribution >= 0.6 is 0 Å². The summed E-state index contributed by atoms with van der Waals surface area (Å²) in [5, 5.41) is 2.68. The van der Waals surface area contributed by atoms with Crippen molar-refractivity contribution >= 4 is 27.6 Å². The van der Waals surface area contributed by atoms with Crippen LogP contribution in [0.2, 0.25) is 0 Å². The van der Waals surface area contributed by atoms with Crippen molar-refractivity contribution in [3.63, 3.8) is 0 Å². The number of anilines is 1. The zero-order valence-corrected chi connectivity index (χ0v) is 22.5. The predicted octanol–water partition coefficient (Wildman–Crippen LogP) is 4.30. The molecule has 0 unspecified atom stereocenters. The second-order valence-corrected chi connectivity index (χ2v) is 11.6. The minimum atomic E-state index is -3.85. The van der Waals surface area contributed by atoms with Gasteiger partial charge in [0.05, 0.1) is 10.5 Å². The number of benzene rings is 3. The van der Waals surface area contributed by atoms with Gasteiger partial charge in [-0.1, -0.05) is 39.0 Å². The number of hydrogen-bond donors (Lipinski definition) is 2. The molecule has 0 aliphatic carbocycles. The molecule has 0 fully saturated rings. The van der Waals surface area contributed by atoms with E-state index in [9.17, 15) is 18.0 Å². The summed E-state index contributed by atoms with van der Waals surface area (Å²) >= 11 is 0. The number of amides is 1. The Hall–Kier alpha value is -4.05. The highest BCUT2D eigenvalue weighted by Crippen LogP contribution is 2.32. The Morgan fingerprint density at radius 1 is 0.947 bits per heavy atom. The van der Waals surface area contributed by atoms with Crippen molar-refractivity contribution in [1.82, 2.24) is 5.32 Å². The molecule has 0 bridgehead atoms. The first kappa shape index (κ1) is 27.0. The van der Waals surface area contributed by atoms with Crippen LogP contribution in [0.4, 0.5) is 5.69 Å². The van der Waals surface area contributed by atoms with Gasteiger partial charge in [-0.3, -0.25) is 9.52 Å². The summed E-state index contributed by atoms with van der Waals surface area (Å²) in [6, 6.07) is 16.5. The number of carbonyl (C=O) groups excluding carboxylic acids is 2. The predicted molar refractivity (Wildman–Crippen MR) is 142 cm³/mol. The van der Waals surface area contributed by atoms with E-state index in [-0.39, 0.29) is 29.2 Å². The summed E-state index contributed by atoms with van der Waals surface area (Å²) in [6.45, 7) is 7.73. The molecule has 0 spiro atoms. The van der Waals surface area contributed by atoms with Gasteiger partial charge in [-0.2, -0.15) is 0 Å². The number of carbonyl (C=O) groups is 2. The van der Waals surface area contributed by atoms with Gasteiger partial charge >= 0.3 is 5.97 Å². The largest absolute Gasteiger partial charge is 0.454 e. The first-order valence-electron chi connectivity index (χ1n) is 12.0. The molecule has 10 heteroatoms. The molecule has 2 N–H and O–H groups in total. The van der Waals surface area contributed by atoms with Crippen molar-refractivity contribution in [3.8, 4) is 11.5 Å². The SMILES string of the molecule is Cc1ccc(C(C)(C)C)cc1S(=O)(=O)Nc1ccc(C(=O)OCC(=O)NCc2ccc3c(c2)OCO3)cc1. The highest BCUT2D eigenvalue weighted by Gasteiger charge is 2.22. The van der Waals surface area contributed by atoms with Crippen molar-refractivity contribution in [1.29, 1.82) is 0 Å². The van der Waals surface area contributed by atoms with Crippen molar-refractivity contribution < 1.29 is 32.2 Å². The van der Waals surface area contributed by atoms with E-state index in [1.165, 1.54) is 24.3 Å². The Morgan fingerprint density at radius 3 is 2.37 bits per heavy atom. The number of fused-ring (bicyclic) bond motifs is 1. The fraction of sp³-hybridized carbons (Fsp3) is 0.286. The lowest BCUT2D eigenvalue weighted by Crippen LogP contribution is -2.28. The van der Waals surface area contributed by atoms with Gasteiger partial charge in [0.15, 0.2) is 18.1 Å². The van der Waals surface area contributed by atoms with E-state index >= 15 is 0 Å². The molecule has 0 atom stereocenters. The molecule has 4 rings (SSSR count). The third-order valence-corrected chi connectivity index (χ3v) is 7.50. The molecule has 1 aliphatic rings. The molecule has 200 valence electrons. The van der Waals surface area contributed by atoms with Gasteiger partial charge in [0.2, 0.25) is 6.79 Å². The summed E-state index contributed by atoms with van der Waals surface area (Å²) in [6.07, 6.45) is 0. The fourth-order valence-electron chi connectivity index (χ4n) is 3.76. The van der Waals surface area contributed by atoms with Crippen LogP contribution in [0.3, 0.4) is 0 Å². The van der Waals surface area contributed by atoms with E-state index < -0.39 is 28.5 Å². The monoisotopic (exact) mass is 538 g/mol. The smallest absolute Gasteiger partial charge is 0.338 e. The average molecular weight is 539 g/mol. The van der Waals surface area contributed by atoms with Gasteiger partial charge in [-0.15, -0.1) is 0 Å². The number of hydrogen-bond acceptors (Lipinski definition) is 7. The molecule has 1 heterocycles. The highest BCUT2D eigenvalue weighted by atomic mass is 32.2. The number of sulfonamides is 1. The van der Waals surface area contributed by atoms with Crippen LogP contribution in [0.5, 0.6) is 11.5 Å². The third-order valence-electron chi connectivity index (χ3n) is 5.98. The molecule has 3 aromatic rings. The maximum Gasteiger partial charge on any atom is 0.338 e. The Kier molecular flexibility index (Phi) is 7.63. The topological polar surface area (TPSA) is 120 Å². The quantitative estimate of drug-likeness (QED) is 0.411. The van der Waals surface area contributed by atoms with E-state index in [1.807, 2.05) is 26.8 Å². The molecular formula is C28H30N2O7S. The normalized spacial score (nSPS) is 12.6. The minimum Gasteiger partial charge on any atom is -0.454 e. The van der Waals surface area contributed by atoms with Gasteiger partial charge in [0, 0.05) is 12.2 Å². The second-order valence-electron chi connectivity index (χ2n) is 9.95. The molecule has 1 aliphatic heterocycles. The molecule has 0 radical (unpaired) electrons. The van der Waals surface area contributed by atoms with Crippen LogP contribution in [0, 0.1) is 6.92 Å². The van der Waals surface area contributed by atoms with Crippen molar-refractivity contribution in [2.24, 2.45) is 0 Å². The molecule has 0 saturated heterocycles. The summed E-state index contributed by atoms with van der Waals surface area (Å²) in [4.78, 5) is 24.7. The van der Waals surface area contributed by atoms with Crippen LogP contribution in [-0.4, -0.2) is 33.7 Å². The maximum absolute atomic E-state index is 13.1. The van der Waals surface area contributed by atoms with Crippen LogP contribution in [0.1, 0.15) is 47.8 Å². The number of esters is 1. The number of nitrogens with one attached hydrogen (secondary N) is 2. The van der Waals surface area contributed by atoms with Crippen LogP contribution in [0.15, 0.2) is 65.6 Å². The maximum atomic E-state index is 13.1. The zero-order valence-electron chi connectivity index (χ0n) is 21.7. The van der Waals surface area contributed by atoms with E-state index in [0.717, 1.165) is 11.1 Å². The van der Waals surface area contributed by atoms with Gasteiger partial charge < -0.3 is 19.5 Å². The molecule has 0 aromatic heterocycles. The minimum absolute atomic E-state index is 0.166. The fourth-order valence-corrected chi connectivity index (χ4v) is 5.09. The Labute approximate surface area is 222 Å². The summed E-state index contributed by atoms with van der Waals surface area (Å²) in [7, 11) is -3.85. The third kappa shape index (κ3) is 6.44. The molecule has 1 amide bonds. The second kappa shape index (κ2) is 10.7. The average Bonchev–Trinajstić information content (AvgIpc) is 3.33.